The number of thioether (sulfide) groups is 1. The van der Waals surface area contributed by atoms with E-state index in [1.165, 1.54) is 30.2 Å². The van der Waals surface area contributed by atoms with Crippen LogP contribution in [0.5, 0.6) is 5.75 Å². The van der Waals surface area contributed by atoms with Crippen molar-refractivity contribution in [2.75, 3.05) is 12.4 Å². The highest BCUT2D eigenvalue weighted by Gasteiger charge is 2.29. The summed E-state index contributed by atoms with van der Waals surface area (Å²) in [4.78, 5) is 0. The van der Waals surface area contributed by atoms with Crippen molar-refractivity contribution in [2.24, 2.45) is 7.05 Å². The smallest absolute Gasteiger partial charge is 0.191 e. The molecule has 1 saturated carbocycles. The molecule has 2 aromatic rings. The predicted molar refractivity (Wildman–Crippen MR) is 91.0 cm³/mol. The number of nitrogens with zero attached hydrogens (tertiary/aromatic N) is 3. The fourth-order valence-corrected chi connectivity index (χ4v) is 3.24. The van der Waals surface area contributed by atoms with E-state index in [2.05, 4.69) is 23.2 Å². The van der Waals surface area contributed by atoms with Gasteiger partial charge in [-0.05, 0) is 37.0 Å². The minimum absolute atomic E-state index is 0.285. The van der Waals surface area contributed by atoms with Crippen molar-refractivity contribution >= 4 is 11.8 Å². The average molecular weight is 333 g/mol. The Morgan fingerprint density at radius 1 is 1.39 bits per heavy atom. The third kappa shape index (κ3) is 4.26. The lowest BCUT2D eigenvalue weighted by atomic mass is 10.2. The molecule has 124 valence electrons. The highest BCUT2D eigenvalue weighted by molar-refractivity contribution is 7.99. The maximum atomic E-state index is 10.1. The molecule has 0 amide bonds. The van der Waals surface area contributed by atoms with E-state index >= 15 is 0 Å². The third-order valence-corrected chi connectivity index (χ3v) is 5.13. The highest BCUT2D eigenvalue weighted by Crippen LogP contribution is 2.39. The molecule has 5 nitrogen and oxygen atoms in total. The van der Waals surface area contributed by atoms with Gasteiger partial charge in [0, 0.05) is 18.7 Å². The minimum atomic E-state index is -0.536. The Bertz CT molecular complexity index is 655. The number of aromatic nitrogens is 3. The van der Waals surface area contributed by atoms with Gasteiger partial charge in [-0.15, -0.1) is 10.2 Å². The maximum Gasteiger partial charge on any atom is 0.191 e. The molecule has 0 spiro atoms. The molecule has 1 atom stereocenters. The van der Waals surface area contributed by atoms with Gasteiger partial charge in [0.15, 0.2) is 5.16 Å². The average Bonchev–Trinajstić information content (AvgIpc) is 3.35. The summed E-state index contributed by atoms with van der Waals surface area (Å²) < 4.78 is 7.72. The van der Waals surface area contributed by atoms with Gasteiger partial charge >= 0.3 is 0 Å². The first-order valence-corrected chi connectivity index (χ1v) is 9.07. The first-order valence-electron chi connectivity index (χ1n) is 8.09. The molecule has 0 radical (unpaired) electrons. The molecule has 6 heteroatoms. The van der Waals surface area contributed by atoms with Gasteiger partial charge in [0.25, 0.3) is 0 Å². The number of aryl methyl sites for hydroxylation is 1. The molecule has 1 unspecified atom stereocenters. The first-order chi connectivity index (χ1) is 11.2. The Morgan fingerprint density at radius 2 is 2.22 bits per heavy atom. The summed E-state index contributed by atoms with van der Waals surface area (Å²) in [6.45, 7) is 2.40. The van der Waals surface area contributed by atoms with Crippen molar-refractivity contribution in [3.8, 4) is 5.75 Å². The molecule has 0 aliphatic heterocycles. The zero-order chi connectivity index (χ0) is 16.2. The SMILES string of the molecule is CCc1cccc(OCC(O)CSc2nnc(C3CC3)n2C)c1. The lowest BCUT2D eigenvalue weighted by Crippen LogP contribution is -2.20. The molecule has 23 heavy (non-hydrogen) atoms. The van der Waals surface area contributed by atoms with Gasteiger partial charge in [-0.25, -0.2) is 0 Å². The Morgan fingerprint density at radius 3 is 2.96 bits per heavy atom. The van der Waals surface area contributed by atoms with Crippen LogP contribution in [0.15, 0.2) is 29.4 Å². The molecule has 3 rings (SSSR count). The van der Waals surface area contributed by atoms with Crippen LogP contribution in [-0.2, 0) is 13.5 Å². The summed E-state index contributed by atoms with van der Waals surface area (Å²) >= 11 is 1.52. The number of rotatable bonds is 8. The van der Waals surface area contributed by atoms with Crippen LogP contribution in [0.4, 0.5) is 0 Å². The molecule has 1 heterocycles. The van der Waals surface area contributed by atoms with Crippen LogP contribution in [0, 0.1) is 0 Å². The van der Waals surface area contributed by atoms with Gasteiger partial charge in [-0.2, -0.15) is 0 Å². The molecular weight excluding hydrogens is 310 g/mol. The summed E-state index contributed by atoms with van der Waals surface area (Å²) in [7, 11) is 2.00. The summed E-state index contributed by atoms with van der Waals surface area (Å²) in [5.41, 5.74) is 1.23. The van der Waals surface area contributed by atoms with E-state index in [-0.39, 0.29) is 6.61 Å². The predicted octanol–water partition coefficient (Wildman–Crippen LogP) is 2.79. The van der Waals surface area contributed by atoms with Crippen LogP contribution in [-0.4, -0.2) is 38.3 Å². The number of ether oxygens (including phenoxy) is 1. The van der Waals surface area contributed by atoms with E-state index in [9.17, 15) is 5.11 Å². The summed E-state index contributed by atoms with van der Waals surface area (Å²) in [5, 5.41) is 19.4. The van der Waals surface area contributed by atoms with Gasteiger partial charge in [-0.3, -0.25) is 0 Å². The second kappa shape index (κ2) is 7.36. The van der Waals surface area contributed by atoms with Crippen LogP contribution in [0.1, 0.15) is 37.1 Å². The van der Waals surface area contributed by atoms with Gasteiger partial charge in [-0.1, -0.05) is 30.8 Å². The second-order valence-electron chi connectivity index (χ2n) is 5.95. The van der Waals surface area contributed by atoms with Gasteiger partial charge in [0.05, 0.1) is 6.10 Å². The van der Waals surface area contributed by atoms with E-state index in [1.54, 1.807) is 0 Å². The summed E-state index contributed by atoms with van der Waals surface area (Å²) in [5.74, 6) is 3.00. The molecular formula is C17H23N3O2S. The number of benzene rings is 1. The maximum absolute atomic E-state index is 10.1. The van der Waals surface area contributed by atoms with Crippen molar-refractivity contribution in [2.45, 2.75) is 43.4 Å². The molecule has 1 N–H and O–H groups in total. The second-order valence-corrected chi connectivity index (χ2v) is 6.94. The molecule has 1 aliphatic carbocycles. The monoisotopic (exact) mass is 333 g/mol. The Balaban J connectivity index is 1.46. The lowest BCUT2D eigenvalue weighted by molar-refractivity contribution is 0.126. The van der Waals surface area contributed by atoms with Crippen molar-refractivity contribution in [1.29, 1.82) is 0 Å². The molecule has 0 saturated heterocycles. The molecule has 1 aliphatic rings. The van der Waals surface area contributed by atoms with E-state index in [1.807, 2.05) is 29.8 Å². The van der Waals surface area contributed by atoms with Crippen LogP contribution >= 0.6 is 11.8 Å². The molecule has 0 bridgehead atoms. The Kier molecular flexibility index (Phi) is 5.23. The van der Waals surface area contributed by atoms with E-state index in [4.69, 9.17) is 4.74 Å². The topological polar surface area (TPSA) is 60.2 Å². The number of aliphatic hydroxyl groups is 1. The summed E-state index contributed by atoms with van der Waals surface area (Å²) in [6.07, 6.45) is 2.87. The van der Waals surface area contributed by atoms with Crippen molar-refractivity contribution in [1.82, 2.24) is 14.8 Å². The van der Waals surface area contributed by atoms with E-state index in [0.717, 1.165) is 23.2 Å². The zero-order valence-electron chi connectivity index (χ0n) is 13.6. The first kappa shape index (κ1) is 16.3. The van der Waals surface area contributed by atoms with Crippen LogP contribution in [0.2, 0.25) is 0 Å². The summed E-state index contributed by atoms with van der Waals surface area (Å²) in [6, 6.07) is 7.99. The standard InChI is InChI=1S/C17H23N3O2S/c1-3-12-5-4-6-15(9-12)22-10-14(21)11-23-17-19-18-16(20(17)2)13-7-8-13/h4-6,9,13-14,21H,3,7-8,10-11H2,1-2H3. The van der Waals surface area contributed by atoms with Gasteiger partial charge in [0.1, 0.15) is 18.2 Å². The quantitative estimate of drug-likeness (QED) is 0.753. The number of hydrogen-bond donors (Lipinski definition) is 1. The van der Waals surface area contributed by atoms with Crippen molar-refractivity contribution < 1.29 is 9.84 Å². The molecule has 1 aromatic heterocycles. The zero-order valence-corrected chi connectivity index (χ0v) is 14.4. The Labute approximate surface area is 141 Å². The van der Waals surface area contributed by atoms with Crippen LogP contribution < -0.4 is 4.74 Å². The third-order valence-electron chi connectivity index (χ3n) is 3.96. The van der Waals surface area contributed by atoms with Crippen molar-refractivity contribution in [3.05, 3.63) is 35.7 Å². The fourth-order valence-electron chi connectivity index (χ4n) is 2.42. The van der Waals surface area contributed by atoms with Gasteiger partial charge < -0.3 is 14.4 Å². The van der Waals surface area contributed by atoms with E-state index in [0.29, 0.717) is 11.7 Å². The lowest BCUT2D eigenvalue weighted by Gasteiger charge is -2.12. The molecule has 1 fully saturated rings. The molecule has 1 aromatic carbocycles. The number of hydrogen-bond acceptors (Lipinski definition) is 5. The van der Waals surface area contributed by atoms with Crippen molar-refractivity contribution in [3.63, 3.8) is 0 Å². The van der Waals surface area contributed by atoms with Gasteiger partial charge in [0.2, 0.25) is 0 Å². The fraction of sp³-hybridized carbons (Fsp3) is 0.529. The highest BCUT2D eigenvalue weighted by atomic mass is 32.2. The normalized spacial score (nSPS) is 15.6. The Hall–Kier alpha value is -1.53. The minimum Gasteiger partial charge on any atom is -0.491 e. The van der Waals surface area contributed by atoms with Crippen LogP contribution in [0.3, 0.4) is 0 Å². The van der Waals surface area contributed by atoms with Crippen LogP contribution in [0.25, 0.3) is 0 Å². The largest absolute Gasteiger partial charge is 0.491 e. The number of aliphatic hydroxyl groups excluding tert-OH is 1. The van der Waals surface area contributed by atoms with E-state index < -0.39 is 6.10 Å².